The Hall–Kier alpha value is -1.02. The van der Waals surface area contributed by atoms with E-state index in [1.807, 2.05) is 12.1 Å². The molecule has 0 spiro atoms. The number of likely N-dealkylation sites (tertiary alicyclic amines) is 1. The number of nitrogens with zero attached hydrogens (tertiary/aromatic N) is 1. The Kier molecular flexibility index (Phi) is 3.27. The predicted octanol–water partition coefficient (Wildman–Crippen LogP) is 2.50. The van der Waals surface area contributed by atoms with Crippen molar-refractivity contribution in [1.29, 1.82) is 0 Å². The van der Waals surface area contributed by atoms with E-state index in [0.717, 1.165) is 18.2 Å². The summed E-state index contributed by atoms with van der Waals surface area (Å²) >= 11 is 0. The summed E-state index contributed by atoms with van der Waals surface area (Å²) in [5.74, 6) is 0.908. The maximum Gasteiger partial charge on any atom is 0.0317 e. The number of anilines is 1. The van der Waals surface area contributed by atoms with Crippen LogP contribution in [0.2, 0.25) is 0 Å². The highest BCUT2D eigenvalue weighted by atomic mass is 15.1. The second kappa shape index (κ2) is 4.67. The SMILES string of the molecule is CCC1CCN(Cc2cccc(N)c2)C1. The zero-order valence-corrected chi connectivity index (χ0v) is 9.45. The van der Waals surface area contributed by atoms with Crippen LogP contribution in [0.1, 0.15) is 25.3 Å². The lowest BCUT2D eigenvalue weighted by atomic mass is 10.1. The van der Waals surface area contributed by atoms with E-state index in [0.29, 0.717) is 0 Å². The van der Waals surface area contributed by atoms with Crippen LogP contribution in [-0.4, -0.2) is 18.0 Å². The molecule has 2 heteroatoms. The van der Waals surface area contributed by atoms with Gasteiger partial charge in [0.05, 0.1) is 0 Å². The lowest BCUT2D eigenvalue weighted by Crippen LogP contribution is -2.19. The van der Waals surface area contributed by atoms with Crippen LogP contribution in [0.3, 0.4) is 0 Å². The van der Waals surface area contributed by atoms with E-state index < -0.39 is 0 Å². The van der Waals surface area contributed by atoms with E-state index in [1.165, 1.54) is 31.5 Å². The molecule has 1 heterocycles. The Morgan fingerprint density at radius 1 is 1.47 bits per heavy atom. The number of benzene rings is 1. The summed E-state index contributed by atoms with van der Waals surface area (Å²) in [5, 5.41) is 0. The molecule has 1 unspecified atom stereocenters. The van der Waals surface area contributed by atoms with Crippen LogP contribution in [0.15, 0.2) is 24.3 Å². The minimum atomic E-state index is 0.874. The van der Waals surface area contributed by atoms with Crippen molar-refractivity contribution in [2.45, 2.75) is 26.3 Å². The molecule has 82 valence electrons. The predicted molar refractivity (Wildman–Crippen MR) is 64.5 cm³/mol. The van der Waals surface area contributed by atoms with Gasteiger partial charge in [-0.05, 0) is 36.6 Å². The number of nitrogen functional groups attached to an aromatic ring is 1. The average Bonchev–Trinajstić information content (AvgIpc) is 2.65. The molecule has 1 aliphatic rings. The number of hydrogen-bond acceptors (Lipinski definition) is 2. The summed E-state index contributed by atoms with van der Waals surface area (Å²) in [6.07, 6.45) is 2.67. The summed E-state index contributed by atoms with van der Waals surface area (Å²) in [5.41, 5.74) is 7.98. The quantitative estimate of drug-likeness (QED) is 0.766. The van der Waals surface area contributed by atoms with Crippen LogP contribution in [-0.2, 0) is 6.54 Å². The standard InChI is InChI=1S/C13H20N2/c1-2-11-6-7-15(9-11)10-12-4-3-5-13(14)8-12/h3-5,8,11H,2,6-7,9-10,14H2,1H3. The minimum absolute atomic E-state index is 0.874. The first-order chi connectivity index (χ1) is 7.28. The van der Waals surface area contributed by atoms with Crippen molar-refractivity contribution in [2.75, 3.05) is 18.8 Å². The molecule has 1 fully saturated rings. The van der Waals surface area contributed by atoms with Crippen molar-refractivity contribution in [2.24, 2.45) is 5.92 Å². The molecular weight excluding hydrogens is 184 g/mol. The summed E-state index contributed by atoms with van der Waals surface area (Å²) in [6.45, 7) is 5.84. The summed E-state index contributed by atoms with van der Waals surface area (Å²) < 4.78 is 0. The van der Waals surface area contributed by atoms with E-state index in [1.54, 1.807) is 0 Å². The second-order valence-corrected chi connectivity index (χ2v) is 4.54. The molecule has 2 nitrogen and oxygen atoms in total. The third-order valence-corrected chi connectivity index (χ3v) is 3.30. The van der Waals surface area contributed by atoms with Gasteiger partial charge in [-0.15, -0.1) is 0 Å². The summed E-state index contributed by atoms with van der Waals surface area (Å²) in [6, 6.07) is 8.23. The molecule has 0 amide bonds. The molecule has 1 aromatic carbocycles. The zero-order valence-electron chi connectivity index (χ0n) is 9.45. The molecule has 2 N–H and O–H groups in total. The Balaban J connectivity index is 1.92. The molecule has 0 aromatic heterocycles. The summed E-state index contributed by atoms with van der Waals surface area (Å²) in [7, 11) is 0. The molecule has 0 radical (unpaired) electrons. The van der Waals surface area contributed by atoms with E-state index in [9.17, 15) is 0 Å². The van der Waals surface area contributed by atoms with Gasteiger partial charge in [0.2, 0.25) is 0 Å². The van der Waals surface area contributed by atoms with E-state index in [-0.39, 0.29) is 0 Å². The zero-order chi connectivity index (χ0) is 10.7. The highest BCUT2D eigenvalue weighted by Crippen LogP contribution is 2.21. The largest absolute Gasteiger partial charge is 0.399 e. The molecule has 1 aromatic rings. The number of rotatable bonds is 3. The second-order valence-electron chi connectivity index (χ2n) is 4.54. The molecule has 15 heavy (non-hydrogen) atoms. The fraction of sp³-hybridized carbons (Fsp3) is 0.538. The van der Waals surface area contributed by atoms with Gasteiger partial charge < -0.3 is 5.73 Å². The van der Waals surface area contributed by atoms with Crippen molar-refractivity contribution in [3.63, 3.8) is 0 Å². The van der Waals surface area contributed by atoms with Crippen LogP contribution >= 0.6 is 0 Å². The maximum absolute atomic E-state index is 5.77. The number of hydrogen-bond donors (Lipinski definition) is 1. The fourth-order valence-corrected chi connectivity index (χ4v) is 2.34. The third kappa shape index (κ3) is 2.72. The van der Waals surface area contributed by atoms with E-state index in [2.05, 4.69) is 24.0 Å². The van der Waals surface area contributed by atoms with E-state index in [4.69, 9.17) is 5.73 Å². The van der Waals surface area contributed by atoms with Crippen molar-refractivity contribution < 1.29 is 0 Å². The monoisotopic (exact) mass is 204 g/mol. The van der Waals surface area contributed by atoms with Gasteiger partial charge in [-0.3, -0.25) is 4.90 Å². The normalized spacial score (nSPS) is 22.1. The van der Waals surface area contributed by atoms with Crippen LogP contribution in [0.5, 0.6) is 0 Å². The Morgan fingerprint density at radius 2 is 2.33 bits per heavy atom. The highest BCUT2D eigenvalue weighted by Gasteiger charge is 2.20. The van der Waals surface area contributed by atoms with Crippen LogP contribution < -0.4 is 5.73 Å². The average molecular weight is 204 g/mol. The lowest BCUT2D eigenvalue weighted by molar-refractivity contribution is 0.315. The third-order valence-electron chi connectivity index (χ3n) is 3.30. The van der Waals surface area contributed by atoms with E-state index >= 15 is 0 Å². The number of nitrogens with two attached hydrogens (primary N) is 1. The van der Waals surface area contributed by atoms with Gasteiger partial charge in [-0.25, -0.2) is 0 Å². The molecule has 0 bridgehead atoms. The van der Waals surface area contributed by atoms with Crippen molar-refractivity contribution in [1.82, 2.24) is 4.90 Å². The molecular formula is C13H20N2. The Labute approximate surface area is 92.1 Å². The Bertz CT molecular complexity index is 322. The highest BCUT2D eigenvalue weighted by molar-refractivity contribution is 5.40. The lowest BCUT2D eigenvalue weighted by Gasteiger charge is -2.15. The summed E-state index contributed by atoms with van der Waals surface area (Å²) in [4.78, 5) is 2.53. The van der Waals surface area contributed by atoms with Gasteiger partial charge >= 0.3 is 0 Å². The van der Waals surface area contributed by atoms with Gasteiger partial charge in [0, 0.05) is 18.8 Å². The Morgan fingerprint density at radius 3 is 3.00 bits per heavy atom. The maximum atomic E-state index is 5.77. The first-order valence-electron chi connectivity index (χ1n) is 5.84. The smallest absolute Gasteiger partial charge is 0.0317 e. The van der Waals surface area contributed by atoms with Gasteiger partial charge in [0.1, 0.15) is 0 Å². The minimum Gasteiger partial charge on any atom is -0.399 e. The van der Waals surface area contributed by atoms with Crippen molar-refractivity contribution in [3.05, 3.63) is 29.8 Å². The molecule has 1 saturated heterocycles. The van der Waals surface area contributed by atoms with Gasteiger partial charge in [0.25, 0.3) is 0 Å². The van der Waals surface area contributed by atoms with Crippen LogP contribution in [0, 0.1) is 5.92 Å². The molecule has 0 aliphatic carbocycles. The molecule has 1 aliphatic heterocycles. The molecule has 2 rings (SSSR count). The fourth-order valence-electron chi connectivity index (χ4n) is 2.34. The molecule has 0 saturated carbocycles. The van der Waals surface area contributed by atoms with Gasteiger partial charge in [-0.1, -0.05) is 25.5 Å². The van der Waals surface area contributed by atoms with Crippen LogP contribution in [0.25, 0.3) is 0 Å². The van der Waals surface area contributed by atoms with Crippen molar-refractivity contribution >= 4 is 5.69 Å². The van der Waals surface area contributed by atoms with Gasteiger partial charge in [0.15, 0.2) is 0 Å². The first-order valence-corrected chi connectivity index (χ1v) is 5.84. The van der Waals surface area contributed by atoms with Gasteiger partial charge in [-0.2, -0.15) is 0 Å². The first kappa shape index (κ1) is 10.5. The topological polar surface area (TPSA) is 29.3 Å². The van der Waals surface area contributed by atoms with Crippen molar-refractivity contribution in [3.8, 4) is 0 Å². The molecule has 1 atom stereocenters. The van der Waals surface area contributed by atoms with Crippen LogP contribution in [0.4, 0.5) is 5.69 Å².